The summed E-state index contributed by atoms with van der Waals surface area (Å²) in [5.41, 5.74) is 0.750. The molecule has 0 bridgehead atoms. The van der Waals surface area contributed by atoms with Crippen LogP contribution in [0.3, 0.4) is 0 Å². The highest BCUT2D eigenvalue weighted by atomic mass is 16.5. The molecule has 2 N–H and O–H groups in total. The first-order valence-electron chi connectivity index (χ1n) is 13.0. The molecule has 9 nitrogen and oxygen atoms in total. The zero-order valence-electron chi connectivity index (χ0n) is 20.9. The van der Waals surface area contributed by atoms with Crippen LogP contribution >= 0.6 is 0 Å². The van der Waals surface area contributed by atoms with Crippen LogP contribution in [0, 0.1) is 6.92 Å². The molecule has 3 amide bonds. The monoisotopic (exact) mass is 496 g/mol. The molecule has 2 heterocycles. The second kappa shape index (κ2) is 12.7. The van der Waals surface area contributed by atoms with Crippen molar-refractivity contribution in [3.05, 3.63) is 47.7 Å². The van der Waals surface area contributed by atoms with Crippen LogP contribution in [0.2, 0.25) is 0 Å². The van der Waals surface area contributed by atoms with Crippen molar-refractivity contribution in [2.45, 2.75) is 82.9 Å². The predicted molar refractivity (Wildman–Crippen MR) is 134 cm³/mol. The van der Waals surface area contributed by atoms with Crippen molar-refractivity contribution in [2.24, 2.45) is 0 Å². The van der Waals surface area contributed by atoms with Crippen molar-refractivity contribution in [1.82, 2.24) is 15.4 Å². The number of carbonyl (C=O) groups is 3. The molecule has 1 aliphatic heterocycles. The smallest absolute Gasteiger partial charge is 0.247 e. The summed E-state index contributed by atoms with van der Waals surface area (Å²) in [6, 6.07) is 10.3. The molecule has 0 unspecified atom stereocenters. The molecule has 2 aromatic rings. The van der Waals surface area contributed by atoms with Crippen molar-refractivity contribution >= 4 is 23.5 Å². The number of aromatic nitrogens is 1. The van der Waals surface area contributed by atoms with Crippen LogP contribution in [0.4, 0.5) is 5.82 Å². The number of nitrogens with one attached hydrogen (secondary N) is 2. The van der Waals surface area contributed by atoms with Crippen molar-refractivity contribution in [3.63, 3.8) is 0 Å². The lowest BCUT2D eigenvalue weighted by Gasteiger charge is -2.34. The van der Waals surface area contributed by atoms with Crippen molar-refractivity contribution < 1.29 is 23.6 Å². The molecule has 0 spiro atoms. The van der Waals surface area contributed by atoms with Gasteiger partial charge in [-0.15, -0.1) is 0 Å². The van der Waals surface area contributed by atoms with Gasteiger partial charge in [0.2, 0.25) is 17.7 Å². The second-order valence-electron chi connectivity index (χ2n) is 9.71. The summed E-state index contributed by atoms with van der Waals surface area (Å²) in [6.07, 6.45) is 6.86. The third-order valence-corrected chi connectivity index (χ3v) is 6.83. The molecule has 0 radical (unpaired) electrons. The van der Waals surface area contributed by atoms with Crippen LogP contribution in [0.5, 0.6) is 0 Å². The molecule has 4 rings (SSSR count). The van der Waals surface area contributed by atoms with Crippen LogP contribution in [0.25, 0.3) is 0 Å². The van der Waals surface area contributed by atoms with E-state index in [1.165, 1.54) is 6.42 Å². The fraction of sp³-hybridized carbons (Fsp3) is 0.556. The largest absolute Gasteiger partial charge is 0.376 e. The Morgan fingerprint density at radius 2 is 1.83 bits per heavy atom. The Hall–Kier alpha value is -3.20. The second-order valence-corrected chi connectivity index (χ2v) is 9.71. The van der Waals surface area contributed by atoms with E-state index in [1.807, 2.05) is 30.3 Å². The minimum atomic E-state index is -0.786. The first kappa shape index (κ1) is 25.9. The van der Waals surface area contributed by atoms with E-state index in [9.17, 15) is 14.4 Å². The van der Waals surface area contributed by atoms with Crippen LogP contribution in [-0.4, -0.2) is 53.1 Å². The van der Waals surface area contributed by atoms with Crippen molar-refractivity contribution in [3.8, 4) is 0 Å². The average molecular weight is 497 g/mol. The Balaban J connectivity index is 1.50. The molecule has 2 aliphatic rings. The van der Waals surface area contributed by atoms with Crippen LogP contribution in [-0.2, 0) is 19.1 Å². The first-order valence-corrected chi connectivity index (χ1v) is 13.0. The molecule has 1 saturated carbocycles. The Labute approximate surface area is 211 Å². The molecule has 36 heavy (non-hydrogen) atoms. The van der Waals surface area contributed by atoms with E-state index in [0.717, 1.165) is 44.1 Å². The number of hydrogen-bond donors (Lipinski definition) is 2. The van der Waals surface area contributed by atoms with Crippen LogP contribution in [0.15, 0.2) is 40.9 Å². The number of anilines is 1. The van der Waals surface area contributed by atoms with Gasteiger partial charge in [-0.2, -0.15) is 0 Å². The molecule has 2 atom stereocenters. The number of hydrogen-bond acceptors (Lipinski definition) is 6. The highest BCUT2D eigenvalue weighted by Gasteiger charge is 2.35. The van der Waals surface area contributed by atoms with E-state index in [2.05, 4.69) is 15.8 Å². The van der Waals surface area contributed by atoms with E-state index in [-0.39, 0.29) is 42.7 Å². The summed E-state index contributed by atoms with van der Waals surface area (Å²) in [5, 5.41) is 9.62. The quantitative estimate of drug-likeness (QED) is 0.516. The highest BCUT2D eigenvalue weighted by Crippen LogP contribution is 2.27. The number of rotatable bonds is 10. The molecular formula is C27H36N4O5. The van der Waals surface area contributed by atoms with Crippen LogP contribution < -0.4 is 10.6 Å². The predicted octanol–water partition coefficient (Wildman–Crippen LogP) is 3.90. The number of benzene rings is 1. The van der Waals surface area contributed by atoms with Gasteiger partial charge in [-0.05, 0) is 38.2 Å². The lowest BCUT2D eigenvalue weighted by atomic mass is 9.94. The lowest BCUT2D eigenvalue weighted by Crippen LogP contribution is -2.49. The molecule has 2 fully saturated rings. The fourth-order valence-electron chi connectivity index (χ4n) is 4.99. The minimum Gasteiger partial charge on any atom is -0.376 e. The Kier molecular flexibility index (Phi) is 9.11. The van der Waals surface area contributed by atoms with Crippen molar-refractivity contribution in [2.75, 3.05) is 18.5 Å². The van der Waals surface area contributed by atoms with Gasteiger partial charge < -0.3 is 24.8 Å². The average Bonchev–Trinajstić information content (AvgIpc) is 3.55. The summed E-state index contributed by atoms with van der Waals surface area (Å²) >= 11 is 0. The molecule has 194 valence electrons. The molecule has 1 saturated heterocycles. The third kappa shape index (κ3) is 7.16. The maximum absolute atomic E-state index is 13.7. The molecule has 1 aromatic carbocycles. The SMILES string of the molecule is Cc1cc(NC(=O)CCC(=O)N(C[C@H]2CCCO2)[C@@H](C(=O)NC2CCCCC2)c2ccccc2)no1. The topological polar surface area (TPSA) is 114 Å². The Bertz CT molecular complexity index is 1010. The summed E-state index contributed by atoms with van der Waals surface area (Å²) in [6.45, 7) is 2.69. The van der Waals surface area contributed by atoms with Gasteiger partial charge in [0.1, 0.15) is 11.8 Å². The lowest BCUT2D eigenvalue weighted by molar-refractivity contribution is -0.143. The molecule has 1 aromatic heterocycles. The van der Waals surface area contributed by atoms with Gasteiger partial charge in [-0.3, -0.25) is 14.4 Å². The fourth-order valence-corrected chi connectivity index (χ4v) is 4.99. The van der Waals surface area contributed by atoms with Crippen LogP contribution in [0.1, 0.15) is 75.2 Å². The van der Waals surface area contributed by atoms with E-state index in [4.69, 9.17) is 9.26 Å². The first-order chi connectivity index (χ1) is 17.5. The number of amides is 3. The standard InChI is InChI=1S/C27H36N4O5/c1-19-17-23(30-36-19)29-24(32)14-15-25(33)31(18-22-13-8-16-35-22)26(20-9-4-2-5-10-20)27(34)28-21-11-6-3-7-12-21/h2,4-5,9-10,17,21-22,26H,3,6-8,11-16,18H2,1H3,(H,28,34)(H,29,30,32)/t22-,26-/m1/s1. The van der Waals surface area contributed by atoms with E-state index in [0.29, 0.717) is 24.7 Å². The number of aryl methyl sites for hydroxylation is 1. The molecule has 9 heteroatoms. The summed E-state index contributed by atoms with van der Waals surface area (Å²) in [5.74, 6) is 0.122. The van der Waals surface area contributed by atoms with E-state index >= 15 is 0 Å². The number of nitrogens with zero attached hydrogens (tertiary/aromatic N) is 2. The minimum absolute atomic E-state index is 0.0292. The normalized spacial score (nSPS) is 19.0. The van der Waals surface area contributed by atoms with Crippen molar-refractivity contribution in [1.29, 1.82) is 0 Å². The van der Waals surface area contributed by atoms with Gasteiger partial charge in [0.15, 0.2) is 5.82 Å². The zero-order chi connectivity index (χ0) is 25.3. The Morgan fingerprint density at radius 1 is 1.06 bits per heavy atom. The number of carbonyl (C=O) groups excluding carboxylic acids is 3. The van der Waals surface area contributed by atoms with E-state index in [1.54, 1.807) is 17.9 Å². The van der Waals surface area contributed by atoms with Gasteiger partial charge in [0.25, 0.3) is 0 Å². The summed E-state index contributed by atoms with van der Waals surface area (Å²) in [7, 11) is 0. The number of ether oxygens (including phenoxy) is 1. The highest BCUT2D eigenvalue weighted by molar-refractivity contribution is 5.94. The Morgan fingerprint density at radius 3 is 2.50 bits per heavy atom. The van der Waals surface area contributed by atoms with Gasteiger partial charge in [0.05, 0.1) is 6.10 Å². The van der Waals surface area contributed by atoms with Gasteiger partial charge >= 0.3 is 0 Å². The van der Waals surface area contributed by atoms with Gasteiger partial charge in [-0.25, -0.2) is 0 Å². The molecule has 1 aliphatic carbocycles. The maximum Gasteiger partial charge on any atom is 0.247 e. The summed E-state index contributed by atoms with van der Waals surface area (Å²) < 4.78 is 10.8. The van der Waals surface area contributed by atoms with Gasteiger partial charge in [0, 0.05) is 38.1 Å². The maximum atomic E-state index is 13.7. The van der Waals surface area contributed by atoms with E-state index < -0.39 is 6.04 Å². The molecular weight excluding hydrogens is 460 g/mol. The third-order valence-electron chi connectivity index (χ3n) is 6.83. The zero-order valence-corrected chi connectivity index (χ0v) is 20.9. The van der Waals surface area contributed by atoms with Gasteiger partial charge in [-0.1, -0.05) is 54.8 Å². The summed E-state index contributed by atoms with van der Waals surface area (Å²) in [4.78, 5) is 41.3.